The van der Waals surface area contributed by atoms with Gasteiger partial charge in [0.1, 0.15) is 22.3 Å². The Labute approximate surface area is 189 Å². The summed E-state index contributed by atoms with van der Waals surface area (Å²) in [6, 6.07) is 1.07. The minimum absolute atomic E-state index is 0.000334. The zero-order chi connectivity index (χ0) is 23.0. The van der Waals surface area contributed by atoms with E-state index in [1.807, 2.05) is 0 Å². The molecule has 0 aliphatic carbocycles. The van der Waals surface area contributed by atoms with E-state index < -0.39 is 18.1 Å². The maximum atomic E-state index is 12.2. The van der Waals surface area contributed by atoms with Crippen LogP contribution in [-0.2, 0) is 20.7 Å². The Morgan fingerprint density at radius 2 is 2.22 bits per heavy atom. The van der Waals surface area contributed by atoms with Gasteiger partial charge in [0.15, 0.2) is 0 Å². The van der Waals surface area contributed by atoms with Gasteiger partial charge in [-0.3, -0.25) is 19.7 Å². The van der Waals surface area contributed by atoms with E-state index in [0.717, 1.165) is 0 Å². The van der Waals surface area contributed by atoms with Crippen LogP contribution in [0.15, 0.2) is 22.5 Å². The van der Waals surface area contributed by atoms with E-state index in [9.17, 15) is 14.4 Å². The Bertz CT molecular complexity index is 1140. The number of rotatable bonds is 7. The second-order valence-corrected chi connectivity index (χ2v) is 9.09. The summed E-state index contributed by atoms with van der Waals surface area (Å²) in [5.41, 5.74) is 8.60. The van der Waals surface area contributed by atoms with Crippen LogP contribution >= 0.6 is 23.5 Å². The van der Waals surface area contributed by atoms with Crippen LogP contribution in [0.1, 0.15) is 17.9 Å². The van der Waals surface area contributed by atoms with Crippen LogP contribution in [0.4, 0.5) is 4.79 Å². The largest absolute Gasteiger partial charge is 0.512 e. The molecule has 15 heteroatoms. The van der Waals surface area contributed by atoms with Gasteiger partial charge >= 0.3 is 6.16 Å². The van der Waals surface area contributed by atoms with Gasteiger partial charge < -0.3 is 15.6 Å². The first-order valence-electron chi connectivity index (χ1n) is 9.40. The lowest BCUT2D eigenvalue weighted by Gasteiger charge is -2.47. The number of aromatic nitrogens is 4. The number of carbonyl (C=O) groups is 3. The number of aryl methyl sites for hydroxylation is 2. The van der Waals surface area contributed by atoms with E-state index in [1.165, 1.54) is 28.4 Å². The Kier molecular flexibility index (Phi) is 6.23. The number of fused-ring (bicyclic) bond motifs is 2. The van der Waals surface area contributed by atoms with Crippen molar-refractivity contribution in [1.82, 2.24) is 30.0 Å². The van der Waals surface area contributed by atoms with Gasteiger partial charge in [-0.2, -0.15) is 9.50 Å². The standard InChI is InChI=1S/C17H19N7O6S2/c1-7-19-16-20-9(2-3-10(25)22-29)4-11(24(16)21-7)31-5-8-6-32-15-12(18)13(26)23(15)14(8)30-17(27)28/h4,12,15,29H,2-3,5-6,18H2,1H3,(H,22,25)(H,27,28)/t12-,15-/m1/s1. The van der Waals surface area contributed by atoms with Gasteiger partial charge in [0, 0.05) is 29.2 Å². The SMILES string of the molecule is Cc1nc2nc(CCC(=O)NO)cc(SCC3=C(OC(=O)O)N4C(=O)[C@@H](N)[C@H]4SC3)n2n1. The molecule has 4 rings (SSSR count). The van der Waals surface area contributed by atoms with Gasteiger partial charge in [-0.25, -0.2) is 15.3 Å². The van der Waals surface area contributed by atoms with Crippen molar-refractivity contribution < 1.29 is 29.4 Å². The molecule has 170 valence electrons. The summed E-state index contributed by atoms with van der Waals surface area (Å²) >= 11 is 2.79. The number of hydrogen-bond donors (Lipinski definition) is 4. The lowest BCUT2D eigenvalue weighted by Crippen LogP contribution is -2.68. The monoisotopic (exact) mass is 481 g/mol. The van der Waals surface area contributed by atoms with Crippen molar-refractivity contribution in [2.75, 3.05) is 11.5 Å². The summed E-state index contributed by atoms with van der Waals surface area (Å²) in [7, 11) is 0. The summed E-state index contributed by atoms with van der Waals surface area (Å²) in [4.78, 5) is 44.7. The van der Waals surface area contributed by atoms with Gasteiger partial charge in [0.25, 0.3) is 5.78 Å². The van der Waals surface area contributed by atoms with E-state index in [1.54, 1.807) is 23.0 Å². The lowest BCUT2D eigenvalue weighted by molar-refractivity contribution is -0.144. The molecule has 2 aromatic rings. The highest BCUT2D eigenvalue weighted by Gasteiger charge is 2.51. The van der Waals surface area contributed by atoms with Crippen molar-refractivity contribution in [1.29, 1.82) is 0 Å². The van der Waals surface area contributed by atoms with E-state index in [0.29, 0.717) is 39.4 Å². The van der Waals surface area contributed by atoms with Crippen LogP contribution in [0.3, 0.4) is 0 Å². The molecule has 0 spiro atoms. The Hall–Kier alpha value is -2.88. The molecule has 0 saturated carbocycles. The van der Waals surface area contributed by atoms with Crippen molar-refractivity contribution >= 4 is 47.3 Å². The molecule has 0 bridgehead atoms. The van der Waals surface area contributed by atoms with Crippen LogP contribution in [0.25, 0.3) is 5.78 Å². The molecule has 4 heterocycles. The maximum Gasteiger partial charge on any atom is 0.512 e. The van der Waals surface area contributed by atoms with Crippen LogP contribution in [0, 0.1) is 6.92 Å². The average Bonchev–Trinajstić information content (AvgIpc) is 3.15. The minimum atomic E-state index is -1.51. The molecule has 5 N–H and O–H groups in total. The smallest absolute Gasteiger partial charge is 0.449 e. The fourth-order valence-corrected chi connectivity index (χ4v) is 5.69. The van der Waals surface area contributed by atoms with Crippen molar-refractivity contribution in [3.63, 3.8) is 0 Å². The van der Waals surface area contributed by atoms with E-state index in [4.69, 9.17) is 20.8 Å². The van der Waals surface area contributed by atoms with Crippen LogP contribution in [-0.4, -0.2) is 75.7 Å². The number of hydroxylamine groups is 1. The molecule has 0 radical (unpaired) electrons. The van der Waals surface area contributed by atoms with Crippen LogP contribution < -0.4 is 11.2 Å². The highest BCUT2D eigenvalue weighted by molar-refractivity contribution is 8.01. The molecule has 0 unspecified atom stereocenters. The Balaban J connectivity index is 1.60. The molecule has 13 nitrogen and oxygen atoms in total. The molecular weight excluding hydrogens is 462 g/mol. The number of nitrogens with zero attached hydrogens (tertiary/aromatic N) is 5. The molecule has 0 aromatic carbocycles. The van der Waals surface area contributed by atoms with Crippen molar-refractivity contribution in [2.24, 2.45) is 5.73 Å². The number of β-lactam (4-membered cyclic amide) rings is 1. The van der Waals surface area contributed by atoms with Gasteiger partial charge in [0.2, 0.25) is 17.7 Å². The van der Waals surface area contributed by atoms with E-state index in [-0.39, 0.29) is 30.0 Å². The number of thioether (sulfide) groups is 2. The molecule has 2 aliphatic rings. The second-order valence-electron chi connectivity index (χ2n) is 6.99. The molecule has 2 aliphatic heterocycles. The molecular formula is C17H19N7O6S2. The highest BCUT2D eigenvalue weighted by atomic mass is 32.2. The molecule has 2 atom stereocenters. The second kappa shape index (κ2) is 8.93. The fraction of sp³-hybridized carbons (Fsp3) is 0.412. The number of nitrogens with two attached hydrogens (primary N) is 1. The summed E-state index contributed by atoms with van der Waals surface area (Å²) in [5.74, 6) is 0.705. The van der Waals surface area contributed by atoms with Crippen molar-refractivity contribution in [3.05, 3.63) is 29.0 Å². The number of nitrogens with one attached hydrogen (secondary N) is 1. The number of hydrogen-bond acceptors (Lipinski definition) is 11. The van der Waals surface area contributed by atoms with Gasteiger partial charge in [-0.05, 0) is 19.4 Å². The van der Waals surface area contributed by atoms with Crippen molar-refractivity contribution in [3.8, 4) is 0 Å². The number of carboxylic acid groups (broad SMARTS) is 1. The third kappa shape index (κ3) is 4.23. The highest BCUT2D eigenvalue weighted by Crippen LogP contribution is 2.41. The first-order valence-corrected chi connectivity index (χ1v) is 11.4. The topological polar surface area (TPSA) is 185 Å². The molecule has 1 fully saturated rings. The summed E-state index contributed by atoms with van der Waals surface area (Å²) < 4.78 is 6.49. The summed E-state index contributed by atoms with van der Waals surface area (Å²) in [6.07, 6.45) is -1.20. The van der Waals surface area contributed by atoms with Gasteiger partial charge in [-0.1, -0.05) is 0 Å². The predicted octanol–water partition coefficient (Wildman–Crippen LogP) is 0.111. The number of amides is 2. The van der Waals surface area contributed by atoms with Crippen molar-refractivity contribution in [2.45, 2.75) is 36.2 Å². The zero-order valence-corrected chi connectivity index (χ0v) is 18.4. The fourth-order valence-electron chi connectivity index (χ4n) is 3.28. The third-order valence-electron chi connectivity index (χ3n) is 4.78. The Morgan fingerprint density at radius 3 is 2.94 bits per heavy atom. The normalized spacial score (nSPS) is 20.2. The lowest BCUT2D eigenvalue weighted by atomic mass is 10.1. The maximum absolute atomic E-state index is 12.2. The molecule has 32 heavy (non-hydrogen) atoms. The molecule has 2 amide bonds. The zero-order valence-electron chi connectivity index (χ0n) is 16.7. The summed E-state index contributed by atoms with van der Waals surface area (Å²) in [5, 5.41) is 22.5. The van der Waals surface area contributed by atoms with E-state index >= 15 is 0 Å². The average molecular weight is 482 g/mol. The number of ether oxygens (including phenoxy) is 1. The predicted molar refractivity (Wildman–Crippen MR) is 112 cm³/mol. The van der Waals surface area contributed by atoms with E-state index in [2.05, 4.69) is 15.1 Å². The molecule has 2 aromatic heterocycles. The first kappa shape index (κ1) is 22.3. The quantitative estimate of drug-likeness (QED) is 0.105. The van der Waals surface area contributed by atoms with Crippen LogP contribution in [0.5, 0.6) is 0 Å². The van der Waals surface area contributed by atoms with Crippen LogP contribution in [0.2, 0.25) is 0 Å². The minimum Gasteiger partial charge on any atom is -0.449 e. The third-order valence-corrected chi connectivity index (χ3v) is 7.22. The first-order chi connectivity index (χ1) is 15.3. The van der Waals surface area contributed by atoms with Gasteiger partial charge in [-0.15, -0.1) is 28.6 Å². The summed E-state index contributed by atoms with van der Waals surface area (Å²) in [6.45, 7) is 1.72. The van der Waals surface area contributed by atoms with Gasteiger partial charge in [0.05, 0.1) is 0 Å². The molecule has 1 saturated heterocycles. The Morgan fingerprint density at radius 1 is 1.44 bits per heavy atom. The number of carbonyl (C=O) groups excluding carboxylic acids is 2.